The van der Waals surface area contributed by atoms with Crippen LogP contribution in [0.4, 0.5) is 5.82 Å². The van der Waals surface area contributed by atoms with Gasteiger partial charge in [-0.05, 0) is 42.9 Å². The first-order valence-electron chi connectivity index (χ1n) is 7.13. The normalized spacial score (nSPS) is 11.0. The quantitative estimate of drug-likeness (QED) is 0.499. The molecular formula is C16H18N6OS. The fourth-order valence-corrected chi connectivity index (χ4v) is 2.04. The van der Waals surface area contributed by atoms with Gasteiger partial charge in [0.15, 0.2) is 10.9 Å². The number of anilines is 1. The average molecular weight is 342 g/mol. The van der Waals surface area contributed by atoms with Crippen LogP contribution in [0, 0.1) is 6.92 Å². The summed E-state index contributed by atoms with van der Waals surface area (Å²) in [5, 5.41) is 3.10. The van der Waals surface area contributed by atoms with E-state index >= 15 is 0 Å². The summed E-state index contributed by atoms with van der Waals surface area (Å²) in [4.78, 5) is 25.7. The molecule has 0 aliphatic carbocycles. The number of aliphatic imine (C=N–C) groups is 1. The number of hydrogen-bond donors (Lipinski definition) is 2. The van der Waals surface area contributed by atoms with E-state index in [1.807, 2.05) is 19.1 Å². The van der Waals surface area contributed by atoms with Crippen molar-refractivity contribution in [3.05, 3.63) is 53.5 Å². The second-order valence-corrected chi connectivity index (χ2v) is 5.61. The smallest absolute Gasteiger partial charge is 0.254 e. The molecule has 0 saturated carbocycles. The number of nitrogens with zero attached hydrogens (tertiary/aromatic N) is 4. The number of carbonyl (C=O) groups excluding carboxylic acids is 1. The summed E-state index contributed by atoms with van der Waals surface area (Å²) in [6.45, 7) is 1.91. The molecule has 0 spiro atoms. The van der Waals surface area contributed by atoms with Gasteiger partial charge >= 0.3 is 0 Å². The number of rotatable bonds is 3. The number of aromatic nitrogens is 2. The minimum atomic E-state index is -0.132. The topological polar surface area (TPSA) is 96.5 Å². The first-order valence-corrected chi connectivity index (χ1v) is 7.54. The molecule has 2 aromatic rings. The number of nitrogens with two attached hydrogens (primary N) is 1. The average Bonchev–Trinajstić information content (AvgIpc) is 2.56. The summed E-state index contributed by atoms with van der Waals surface area (Å²) < 4.78 is 0. The number of pyridine rings is 2. The first-order chi connectivity index (χ1) is 11.4. The highest BCUT2D eigenvalue weighted by molar-refractivity contribution is 7.80. The summed E-state index contributed by atoms with van der Waals surface area (Å²) in [6.07, 6.45) is 3.12. The van der Waals surface area contributed by atoms with Crippen molar-refractivity contribution >= 4 is 34.9 Å². The molecule has 0 unspecified atom stereocenters. The van der Waals surface area contributed by atoms with Gasteiger partial charge in [-0.1, -0.05) is 6.07 Å². The van der Waals surface area contributed by atoms with E-state index in [1.165, 1.54) is 11.1 Å². The largest absolute Gasteiger partial charge is 0.382 e. The van der Waals surface area contributed by atoms with Crippen molar-refractivity contribution in [3.8, 4) is 0 Å². The Hall–Kier alpha value is -2.87. The third-order valence-corrected chi connectivity index (χ3v) is 3.33. The van der Waals surface area contributed by atoms with Crippen LogP contribution in [0.3, 0.4) is 0 Å². The number of amidine groups is 1. The Morgan fingerprint density at radius 2 is 2.04 bits per heavy atom. The van der Waals surface area contributed by atoms with Crippen molar-refractivity contribution in [1.82, 2.24) is 14.9 Å². The molecule has 0 aromatic carbocycles. The predicted molar refractivity (Wildman–Crippen MR) is 98.2 cm³/mol. The number of aryl methyl sites for hydroxylation is 1. The van der Waals surface area contributed by atoms with E-state index in [9.17, 15) is 4.79 Å². The van der Waals surface area contributed by atoms with Gasteiger partial charge in [-0.15, -0.1) is 0 Å². The monoisotopic (exact) mass is 342 g/mol. The van der Waals surface area contributed by atoms with Crippen molar-refractivity contribution in [2.75, 3.05) is 19.4 Å². The molecule has 124 valence electrons. The van der Waals surface area contributed by atoms with Gasteiger partial charge in [-0.2, -0.15) is 0 Å². The molecule has 24 heavy (non-hydrogen) atoms. The van der Waals surface area contributed by atoms with Gasteiger partial charge in [0, 0.05) is 26.5 Å². The molecule has 2 aromatic heterocycles. The maximum Gasteiger partial charge on any atom is 0.254 e. The zero-order valence-electron chi connectivity index (χ0n) is 13.6. The molecule has 0 atom stereocenters. The summed E-state index contributed by atoms with van der Waals surface area (Å²) in [5.41, 5.74) is 7.77. The number of carbonyl (C=O) groups is 1. The van der Waals surface area contributed by atoms with Gasteiger partial charge in [0.2, 0.25) is 0 Å². The Kier molecular flexibility index (Phi) is 5.54. The highest BCUT2D eigenvalue weighted by atomic mass is 32.1. The van der Waals surface area contributed by atoms with E-state index in [1.54, 1.807) is 32.4 Å². The second-order valence-electron chi connectivity index (χ2n) is 5.23. The fraction of sp³-hybridized carbons (Fsp3) is 0.188. The Bertz CT molecular complexity index is 785. The van der Waals surface area contributed by atoms with Crippen LogP contribution in [0.25, 0.3) is 0 Å². The lowest BCUT2D eigenvalue weighted by Gasteiger charge is -2.10. The lowest BCUT2D eigenvalue weighted by molar-refractivity contribution is 0.0827. The minimum absolute atomic E-state index is 0.132. The van der Waals surface area contributed by atoms with Crippen LogP contribution >= 0.6 is 12.2 Å². The molecule has 7 nitrogen and oxygen atoms in total. The van der Waals surface area contributed by atoms with Gasteiger partial charge in [0.05, 0.1) is 5.56 Å². The predicted octanol–water partition coefficient (Wildman–Crippen LogP) is 1.59. The molecule has 0 aliphatic heterocycles. The number of hydrogen-bond acceptors (Lipinski definition) is 4. The standard InChI is InChI=1S/C16H18N6OS/c1-10-5-4-8-18-14(10)21-16(24)20-13(17)12-7-6-11(9-19-12)15(23)22(2)3/h4-9H,1-3H3,(H3,17,18,20,21,24). The number of thiocarbonyl (C=S) groups is 1. The van der Waals surface area contributed by atoms with E-state index in [4.69, 9.17) is 18.0 Å². The first kappa shape index (κ1) is 17.5. The molecular weight excluding hydrogens is 324 g/mol. The van der Waals surface area contributed by atoms with Crippen LogP contribution in [0.5, 0.6) is 0 Å². The molecule has 0 radical (unpaired) electrons. The van der Waals surface area contributed by atoms with Crippen LogP contribution in [-0.4, -0.2) is 45.8 Å². The molecule has 0 saturated heterocycles. The van der Waals surface area contributed by atoms with Crippen molar-refractivity contribution in [1.29, 1.82) is 0 Å². The maximum atomic E-state index is 11.8. The van der Waals surface area contributed by atoms with Crippen LogP contribution in [0.15, 0.2) is 41.7 Å². The molecule has 2 heterocycles. The molecule has 3 N–H and O–H groups in total. The van der Waals surface area contributed by atoms with Crippen LogP contribution < -0.4 is 11.1 Å². The Morgan fingerprint density at radius 3 is 2.62 bits per heavy atom. The lowest BCUT2D eigenvalue weighted by atomic mass is 10.2. The highest BCUT2D eigenvalue weighted by Gasteiger charge is 2.10. The van der Waals surface area contributed by atoms with Gasteiger partial charge < -0.3 is 16.0 Å². The van der Waals surface area contributed by atoms with E-state index in [-0.39, 0.29) is 16.9 Å². The van der Waals surface area contributed by atoms with Crippen molar-refractivity contribution in [3.63, 3.8) is 0 Å². The van der Waals surface area contributed by atoms with Crippen molar-refractivity contribution in [2.45, 2.75) is 6.92 Å². The molecule has 0 fully saturated rings. The summed E-state index contributed by atoms with van der Waals surface area (Å²) in [6, 6.07) is 7.02. The van der Waals surface area contributed by atoms with Gasteiger partial charge in [0.1, 0.15) is 11.5 Å². The number of nitrogens with one attached hydrogen (secondary N) is 1. The third kappa shape index (κ3) is 4.32. The zero-order valence-corrected chi connectivity index (χ0v) is 14.5. The van der Waals surface area contributed by atoms with E-state index in [0.717, 1.165) is 5.56 Å². The Morgan fingerprint density at radius 1 is 1.29 bits per heavy atom. The van der Waals surface area contributed by atoms with E-state index < -0.39 is 0 Å². The van der Waals surface area contributed by atoms with E-state index in [2.05, 4.69) is 20.3 Å². The Labute approximate surface area is 145 Å². The molecule has 8 heteroatoms. The summed E-state index contributed by atoms with van der Waals surface area (Å²) >= 11 is 5.17. The molecule has 0 aliphatic rings. The van der Waals surface area contributed by atoms with Gasteiger partial charge in [0.25, 0.3) is 5.91 Å². The summed E-state index contributed by atoms with van der Waals surface area (Å²) in [7, 11) is 3.35. The van der Waals surface area contributed by atoms with Gasteiger partial charge in [-0.25, -0.2) is 9.98 Å². The lowest BCUT2D eigenvalue weighted by Crippen LogP contribution is -2.23. The minimum Gasteiger partial charge on any atom is -0.382 e. The van der Waals surface area contributed by atoms with E-state index in [0.29, 0.717) is 17.1 Å². The fourth-order valence-electron chi connectivity index (χ4n) is 1.84. The zero-order chi connectivity index (χ0) is 17.7. The van der Waals surface area contributed by atoms with Gasteiger partial charge in [-0.3, -0.25) is 9.78 Å². The maximum absolute atomic E-state index is 11.8. The van der Waals surface area contributed by atoms with Crippen LogP contribution in [0.1, 0.15) is 21.6 Å². The van der Waals surface area contributed by atoms with Crippen molar-refractivity contribution < 1.29 is 4.79 Å². The van der Waals surface area contributed by atoms with Crippen LogP contribution in [-0.2, 0) is 0 Å². The molecule has 0 bridgehead atoms. The SMILES string of the molecule is Cc1cccnc1NC(=S)N=C(N)c1ccc(C(=O)N(C)C)cn1. The highest BCUT2D eigenvalue weighted by Crippen LogP contribution is 2.09. The van der Waals surface area contributed by atoms with Crippen LogP contribution in [0.2, 0.25) is 0 Å². The van der Waals surface area contributed by atoms with Crippen molar-refractivity contribution in [2.24, 2.45) is 10.7 Å². The Balaban J connectivity index is 2.11. The summed E-state index contributed by atoms with van der Waals surface area (Å²) in [5.74, 6) is 0.649. The second kappa shape index (κ2) is 7.60. The molecule has 2 rings (SSSR count). The molecule has 1 amide bonds. The third-order valence-electron chi connectivity index (χ3n) is 3.14. The number of amides is 1.